The van der Waals surface area contributed by atoms with Gasteiger partial charge in [0.25, 0.3) is 5.91 Å². The lowest BCUT2D eigenvalue weighted by molar-refractivity contribution is 0.0487. The molecule has 2 heterocycles. The second-order valence-corrected chi connectivity index (χ2v) is 6.46. The van der Waals surface area contributed by atoms with E-state index < -0.39 is 0 Å². The number of ether oxygens (including phenoxy) is 1. The zero-order valence-electron chi connectivity index (χ0n) is 13.2. The van der Waals surface area contributed by atoms with Gasteiger partial charge in [0.05, 0.1) is 5.56 Å². The number of nitrogens with one attached hydrogen (secondary N) is 2. The van der Waals surface area contributed by atoms with Crippen LogP contribution in [0.1, 0.15) is 28.8 Å². The fourth-order valence-corrected chi connectivity index (χ4v) is 3.24. The molecular formula is C18H19ClN2O3. The smallest absolute Gasteiger partial charge is 0.252 e. The third-order valence-electron chi connectivity index (χ3n) is 4.52. The number of carbonyl (C=O) groups is 1. The van der Waals surface area contributed by atoms with Crippen molar-refractivity contribution in [3.8, 4) is 0 Å². The predicted octanol–water partition coefficient (Wildman–Crippen LogP) is 2.51. The lowest BCUT2D eigenvalue weighted by Gasteiger charge is -2.38. The van der Waals surface area contributed by atoms with Crippen molar-refractivity contribution in [1.29, 1.82) is 0 Å². The Kier molecular flexibility index (Phi) is 5.02. The number of pyridine rings is 1. The Labute approximate surface area is 145 Å². The van der Waals surface area contributed by atoms with Gasteiger partial charge in [-0.2, -0.15) is 0 Å². The molecule has 2 N–H and O–H groups in total. The number of halogens is 1. The maximum Gasteiger partial charge on any atom is 0.252 e. The summed E-state index contributed by atoms with van der Waals surface area (Å²) in [6.07, 6.45) is 3.06. The van der Waals surface area contributed by atoms with Crippen LogP contribution in [-0.2, 0) is 10.2 Å². The SMILES string of the molecule is O=C(NCC1(c2cccc(Cl)c2)CCOCC1)c1ccc(=O)[nH]c1. The van der Waals surface area contributed by atoms with E-state index in [0.717, 1.165) is 18.4 Å². The molecule has 0 atom stereocenters. The molecule has 126 valence electrons. The predicted molar refractivity (Wildman–Crippen MR) is 92.6 cm³/mol. The number of aromatic nitrogens is 1. The zero-order chi connectivity index (χ0) is 17.0. The molecule has 0 saturated carbocycles. The molecule has 1 aliphatic heterocycles. The molecule has 0 spiro atoms. The second-order valence-electron chi connectivity index (χ2n) is 6.03. The summed E-state index contributed by atoms with van der Waals surface area (Å²) in [4.78, 5) is 26.0. The third kappa shape index (κ3) is 3.68. The normalized spacial score (nSPS) is 16.5. The number of benzene rings is 1. The van der Waals surface area contributed by atoms with Gasteiger partial charge in [-0.05, 0) is 36.6 Å². The number of hydrogen-bond acceptors (Lipinski definition) is 3. The lowest BCUT2D eigenvalue weighted by atomic mass is 9.74. The Morgan fingerprint density at radius 1 is 1.25 bits per heavy atom. The molecule has 0 radical (unpaired) electrons. The van der Waals surface area contributed by atoms with E-state index in [1.54, 1.807) is 0 Å². The Morgan fingerprint density at radius 2 is 2.04 bits per heavy atom. The first-order chi connectivity index (χ1) is 11.6. The largest absolute Gasteiger partial charge is 0.381 e. The highest BCUT2D eigenvalue weighted by Crippen LogP contribution is 2.35. The minimum atomic E-state index is -0.230. The average molecular weight is 347 g/mol. The summed E-state index contributed by atoms with van der Waals surface area (Å²) in [6.45, 7) is 1.80. The van der Waals surface area contributed by atoms with Gasteiger partial charge in [-0.3, -0.25) is 9.59 Å². The molecule has 5 nitrogen and oxygen atoms in total. The number of aromatic amines is 1. The van der Waals surface area contributed by atoms with Crippen molar-refractivity contribution in [2.75, 3.05) is 19.8 Å². The Balaban J connectivity index is 1.79. The van der Waals surface area contributed by atoms with Crippen molar-refractivity contribution in [3.05, 3.63) is 69.1 Å². The average Bonchev–Trinajstić information content (AvgIpc) is 2.61. The second kappa shape index (κ2) is 7.20. The van der Waals surface area contributed by atoms with Crippen LogP contribution in [0.2, 0.25) is 5.02 Å². The van der Waals surface area contributed by atoms with Crippen molar-refractivity contribution in [2.24, 2.45) is 0 Å². The van der Waals surface area contributed by atoms with E-state index >= 15 is 0 Å². The van der Waals surface area contributed by atoms with E-state index in [9.17, 15) is 9.59 Å². The first-order valence-electron chi connectivity index (χ1n) is 7.90. The van der Waals surface area contributed by atoms with E-state index in [-0.39, 0.29) is 16.9 Å². The molecule has 2 aromatic rings. The van der Waals surface area contributed by atoms with Crippen molar-refractivity contribution < 1.29 is 9.53 Å². The number of rotatable bonds is 4. The van der Waals surface area contributed by atoms with Gasteiger partial charge in [0, 0.05) is 42.5 Å². The fourth-order valence-electron chi connectivity index (χ4n) is 3.05. The standard InChI is InChI=1S/C18H19ClN2O3/c19-15-3-1-2-14(10-15)18(6-8-24-9-7-18)12-21-17(23)13-4-5-16(22)20-11-13/h1-5,10-11H,6-9,12H2,(H,20,22)(H,21,23). The molecule has 1 amide bonds. The van der Waals surface area contributed by atoms with Crippen molar-refractivity contribution in [2.45, 2.75) is 18.3 Å². The summed E-state index contributed by atoms with van der Waals surface area (Å²) in [6, 6.07) is 10.6. The van der Waals surface area contributed by atoms with Crippen LogP contribution in [0.5, 0.6) is 0 Å². The highest BCUT2D eigenvalue weighted by atomic mass is 35.5. The highest BCUT2D eigenvalue weighted by Gasteiger charge is 2.35. The van der Waals surface area contributed by atoms with E-state index in [2.05, 4.69) is 10.3 Å². The van der Waals surface area contributed by atoms with Gasteiger partial charge in [-0.1, -0.05) is 23.7 Å². The summed E-state index contributed by atoms with van der Waals surface area (Å²) >= 11 is 6.15. The molecule has 1 aliphatic rings. The highest BCUT2D eigenvalue weighted by molar-refractivity contribution is 6.30. The van der Waals surface area contributed by atoms with Crippen molar-refractivity contribution >= 4 is 17.5 Å². The third-order valence-corrected chi connectivity index (χ3v) is 4.76. The van der Waals surface area contributed by atoms with E-state index in [0.29, 0.717) is 30.3 Å². The molecule has 0 bridgehead atoms. The van der Waals surface area contributed by atoms with Crippen molar-refractivity contribution in [3.63, 3.8) is 0 Å². The number of H-pyrrole nitrogens is 1. The quantitative estimate of drug-likeness (QED) is 0.893. The van der Waals surface area contributed by atoms with Gasteiger partial charge in [0.15, 0.2) is 0 Å². The van der Waals surface area contributed by atoms with Gasteiger partial charge in [-0.25, -0.2) is 0 Å². The monoisotopic (exact) mass is 346 g/mol. The van der Waals surface area contributed by atoms with Crippen LogP contribution >= 0.6 is 11.6 Å². The van der Waals surface area contributed by atoms with Crippen LogP contribution in [-0.4, -0.2) is 30.6 Å². The molecule has 1 aromatic heterocycles. The fraction of sp³-hybridized carbons (Fsp3) is 0.333. The van der Waals surface area contributed by atoms with Gasteiger partial charge < -0.3 is 15.0 Å². The summed E-state index contributed by atoms with van der Waals surface area (Å²) in [5, 5.41) is 3.67. The summed E-state index contributed by atoms with van der Waals surface area (Å²) in [5.41, 5.74) is 1.12. The number of carbonyl (C=O) groups excluding carboxylic acids is 1. The molecule has 1 aromatic carbocycles. The zero-order valence-corrected chi connectivity index (χ0v) is 13.9. The van der Waals surface area contributed by atoms with E-state index in [4.69, 9.17) is 16.3 Å². The van der Waals surface area contributed by atoms with Crippen LogP contribution in [0, 0.1) is 0 Å². The van der Waals surface area contributed by atoms with E-state index in [1.165, 1.54) is 18.3 Å². The topological polar surface area (TPSA) is 71.2 Å². The minimum absolute atomic E-state index is 0.193. The maximum absolute atomic E-state index is 12.3. The van der Waals surface area contributed by atoms with Gasteiger partial charge in [0.1, 0.15) is 0 Å². The van der Waals surface area contributed by atoms with Crippen LogP contribution in [0.15, 0.2) is 47.4 Å². The van der Waals surface area contributed by atoms with Crippen molar-refractivity contribution in [1.82, 2.24) is 10.3 Å². The number of amides is 1. The van der Waals surface area contributed by atoms with Crippen LogP contribution in [0.4, 0.5) is 0 Å². The van der Waals surface area contributed by atoms with Gasteiger partial charge in [0.2, 0.25) is 5.56 Å². The molecule has 3 rings (SSSR count). The van der Waals surface area contributed by atoms with Crippen LogP contribution in [0.3, 0.4) is 0 Å². The Morgan fingerprint density at radius 3 is 2.71 bits per heavy atom. The van der Waals surface area contributed by atoms with Crippen LogP contribution in [0.25, 0.3) is 0 Å². The molecule has 24 heavy (non-hydrogen) atoms. The molecule has 1 saturated heterocycles. The molecule has 0 unspecified atom stereocenters. The minimum Gasteiger partial charge on any atom is -0.381 e. The lowest BCUT2D eigenvalue weighted by Crippen LogP contribution is -2.44. The maximum atomic E-state index is 12.3. The first-order valence-corrected chi connectivity index (χ1v) is 8.28. The molecule has 1 fully saturated rings. The summed E-state index contributed by atoms with van der Waals surface area (Å²) in [7, 11) is 0. The molecule has 0 aliphatic carbocycles. The van der Waals surface area contributed by atoms with Gasteiger partial charge >= 0.3 is 0 Å². The van der Waals surface area contributed by atoms with Crippen LogP contribution < -0.4 is 10.9 Å². The number of hydrogen-bond donors (Lipinski definition) is 2. The van der Waals surface area contributed by atoms with Gasteiger partial charge in [-0.15, -0.1) is 0 Å². The van der Waals surface area contributed by atoms with E-state index in [1.807, 2.05) is 24.3 Å². The Bertz CT molecular complexity index is 761. The summed E-state index contributed by atoms with van der Waals surface area (Å²) < 4.78 is 5.50. The Hall–Kier alpha value is -2.11. The summed E-state index contributed by atoms with van der Waals surface area (Å²) in [5.74, 6) is -0.209. The first kappa shape index (κ1) is 16.7. The molecule has 6 heteroatoms. The molecular weight excluding hydrogens is 328 g/mol.